The van der Waals surface area contributed by atoms with Gasteiger partial charge in [-0.25, -0.2) is 0 Å². The summed E-state index contributed by atoms with van der Waals surface area (Å²) in [6.07, 6.45) is 9.34. The molecule has 2 aliphatic rings. The second-order valence-electron chi connectivity index (χ2n) is 8.98. The summed E-state index contributed by atoms with van der Waals surface area (Å²) in [7, 11) is 0. The SMILES string of the molecule is CC(C)(O)C1CCC(NC(=O)c2cnc3cc(C4CCC4)ccc3c2)CC1. The van der Waals surface area contributed by atoms with Crippen LogP contribution in [0.15, 0.2) is 30.5 Å². The summed E-state index contributed by atoms with van der Waals surface area (Å²) in [4.78, 5) is 17.2. The number of rotatable bonds is 4. The van der Waals surface area contributed by atoms with Crippen LogP contribution in [-0.4, -0.2) is 27.6 Å². The van der Waals surface area contributed by atoms with E-state index in [1.807, 2.05) is 19.9 Å². The lowest BCUT2D eigenvalue weighted by molar-refractivity contribution is -0.00257. The third kappa shape index (κ3) is 4.01. The largest absolute Gasteiger partial charge is 0.390 e. The van der Waals surface area contributed by atoms with E-state index in [9.17, 15) is 9.90 Å². The van der Waals surface area contributed by atoms with Gasteiger partial charge in [-0.1, -0.05) is 18.6 Å². The minimum Gasteiger partial charge on any atom is -0.390 e. The number of hydrogen-bond donors (Lipinski definition) is 2. The van der Waals surface area contributed by atoms with Crippen molar-refractivity contribution in [1.82, 2.24) is 10.3 Å². The zero-order valence-corrected chi connectivity index (χ0v) is 16.4. The number of amides is 1. The Kier molecular flexibility index (Phi) is 4.94. The predicted molar refractivity (Wildman–Crippen MR) is 108 cm³/mol. The van der Waals surface area contributed by atoms with Gasteiger partial charge in [0.15, 0.2) is 0 Å². The fourth-order valence-electron chi connectivity index (χ4n) is 4.47. The first kappa shape index (κ1) is 18.4. The lowest BCUT2D eigenvalue weighted by Gasteiger charge is -2.36. The molecule has 1 aromatic heterocycles. The molecule has 27 heavy (non-hydrogen) atoms. The van der Waals surface area contributed by atoms with E-state index in [-0.39, 0.29) is 11.9 Å². The number of nitrogens with one attached hydrogen (secondary N) is 1. The van der Waals surface area contributed by atoms with Gasteiger partial charge in [0.25, 0.3) is 5.91 Å². The minimum absolute atomic E-state index is 0.0424. The first-order valence-electron chi connectivity index (χ1n) is 10.3. The van der Waals surface area contributed by atoms with E-state index in [0.29, 0.717) is 17.4 Å². The van der Waals surface area contributed by atoms with Crippen LogP contribution >= 0.6 is 0 Å². The van der Waals surface area contributed by atoms with E-state index in [0.717, 1.165) is 36.6 Å². The van der Waals surface area contributed by atoms with Crippen molar-refractivity contribution in [3.8, 4) is 0 Å². The fourth-order valence-corrected chi connectivity index (χ4v) is 4.47. The lowest BCUT2D eigenvalue weighted by Crippen LogP contribution is -2.41. The van der Waals surface area contributed by atoms with Gasteiger partial charge in [0.2, 0.25) is 0 Å². The van der Waals surface area contributed by atoms with Crippen LogP contribution in [-0.2, 0) is 0 Å². The molecule has 0 radical (unpaired) electrons. The standard InChI is InChI=1S/C23H30N2O2/c1-23(2,27)19-8-10-20(11-9-19)25-22(26)18-12-17-7-6-16(15-4-3-5-15)13-21(17)24-14-18/h6-7,12-15,19-20,27H,3-5,8-11H2,1-2H3,(H,25,26). The third-order valence-corrected chi connectivity index (χ3v) is 6.61. The number of benzene rings is 1. The summed E-state index contributed by atoms with van der Waals surface area (Å²) < 4.78 is 0. The fraction of sp³-hybridized carbons (Fsp3) is 0.565. The average molecular weight is 367 g/mol. The summed E-state index contributed by atoms with van der Waals surface area (Å²) in [5, 5.41) is 14.4. The summed E-state index contributed by atoms with van der Waals surface area (Å²) in [6, 6.07) is 8.60. The number of carbonyl (C=O) groups is 1. The Morgan fingerprint density at radius 2 is 1.85 bits per heavy atom. The van der Waals surface area contributed by atoms with Gasteiger partial charge in [-0.05, 0) is 81.9 Å². The van der Waals surface area contributed by atoms with Gasteiger partial charge in [0.1, 0.15) is 0 Å². The number of hydrogen-bond acceptors (Lipinski definition) is 3. The van der Waals surface area contributed by atoms with Gasteiger partial charge in [0.05, 0.1) is 16.7 Å². The van der Waals surface area contributed by atoms with Crippen LogP contribution in [0.5, 0.6) is 0 Å². The molecule has 2 N–H and O–H groups in total. The van der Waals surface area contributed by atoms with E-state index in [1.165, 1.54) is 24.8 Å². The number of aromatic nitrogens is 1. The molecule has 1 heterocycles. The van der Waals surface area contributed by atoms with Gasteiger partial charge in [0, 0.05) is 17.6 Å². The first-order valence-corrected chi connectivity index (χ1v) is 10.3. The highest BCUT2D eigenvalue weighted by Gasteiger charge is 2.31. The average Bonchev–Trinajstić information content (AvgIpc) is 2.59. The van der Waals surface area contributed by atoms with Crippen LogP contribution in [0, 0.1) is 5.92 Å². The maximum Gasteiger partial charge on any atom is 0.253 e. The quantitative estimate of drug-likeness (QED) is 0.834. The topological polar surface area (TPSA) is 62.2 Å². The maximum atomic E-state index is 12.7. The summed E-state index contributed by atoms with van der Waals surface area (Å²) in [5.74, 6) is 0.968. The van der Waals surface area contributed by atoms with Crippen molar-refractivity contribution in [2.45, 2.75) is 76.4 Å². The first-order chi connectivity index (χ1) is 12.9. The molecule has 144 valence electrons. The maximum absolute atomic E-state index is 12.7. The van der Waals surface area contributed by atoms with Crippen molar-refractivity contribution in [2.75, 3.05) is 0 Å². The van der Waals surface area contributed by atoms with Crippen molar-refractivity contribution in [3.05, 3.63) is 41.6 Å². The molecule has 0 aliphatic heterocycles. The summed E-state index contributed by atoms with van der Waals surface area (Å²) >= 11 is 0. The van der Waals surface area contributed by atoms with E-state index < -0.39 is 5.60 Å². The van der Waals surface area contributed by atoms with Crippen molar-refractivity contribution >= 4 is 16.8 Å². The summed E-state index contributed by atoms with van der Waals surface area (Å²) in [5.41, 5.74) is 2.35. The second kappa shape index (κ2) is 7.23. The van der Waals surface area contributed by atoms with Crippen LogP contribution < -0.4 is 5.32 Å². The molecule has 2 aromatic rings. The Labute approximate surface area is 161 Å². The zero-order valence-electron chi connectivity index (χ0n) is 16.4. The number of pyridine rings is 1. The Bertz CT molecular complexity index is 828. The van der Waals surface area contributed by atoms with E-state index >= 15 is 0 Å². The number of carbonyl (C=O) groups excluding carboxylic acids is 1. The molecule has 2 saturated carbocycles. The smallest absolute Gasteiger partial charge is 0.253 e. The van der Waals surface area contributed by atoms with Crippen LogP contribution in [0.25, 0.3) is 10.9 Å². The van der Waals surface area contributed by atoms with Crippen LogP contribution in [0.1, 0.15) is 80.6 Å². The Morgan fingerprint density at radius 1 is 1.11 bits per heavy atom. The molecule has 0 bridgehead atoms. The molecule has 0 spiro atoms. The normalized spacial score (nSPS) is 23.8. The van der Waals surface area contributed by atoms with E-state index in [2.05, 4.69) is 28.5 Å². The van der Waals surface area contributed by atoms with E-state index in [4.69, 9.17) is 0 Å². The molecular weight excluding hydrogens is 336 g/mol. The molecule has 1 aromatic carbocycles. The van der Waals surface area contributed by atoms with Crippen molar-refractivity contribution < 1.29 is 9.90 Å². The molecule has 0 atom stereocenters. The lowest BCUT2D eigenvalue weighted by atomic mass is 9.77. The number of aliphatic hydroxyl groups is 1. The van der Waals surface area contributed by atoms with Crippen molar-refractivity contribution in [3.63, 3.8) is 0 Å². The molecule has 1 amide bonds. The van der Waals surface area contributed by atoms with Crippen molar-refractivity contribution in [1.29, 1.82) is 0 Å². The van der Waals surface area contributed by atoms with Crippen LogP contribution in [0.2, 0.25) is 0 Å². The zero-order chi connectivity index (χ0) is 19.0. The Morgan fingerprint density at radius 3 is 2.48 bits per heavy atom. The van der Waals surface area contributed by atoms with Gasteiger partial charge >= 0.3 is 0 Å². The molecule has 0 saturated heterocycles. The molecule has 2 aliphatic carbocycles. The molecular formula is C23H30N2O2. The predicted octanol–water partition coefficient (Wildman–Crippen LogP) is 4.56. The Balaban J connectivity index is 1.41. The number of nitrogens with zero attached hydrogens (tertiary/aromatic N) is 1. The Hall–Kier alpha value is -1.94. The van der Waals surface area contributed by atoms with Gasteiger partial charge in [-0.15, -0.1) is 0 Å². The van der Waals surface area contributed by atoms with Crippen LogP contribution in [0.4, 0.5) is 0 Å². The van der Waals surface area contributed by atoms with Gasteiger partial charge in [-0.3, -0.25) is 9.78 Å². The van der Waals surface area contributed by atoms with Crippen molar-refractivity contribution in [2.24, 2.45) is 5.92 Å². The van der Waals surface area contributed by atoms with Gasteiger partial charge in [-0.2, -0.15) is 0 Å². The monoisotopic (exact) mass is 366 g/mol. The molecule has 0 unspecified atom stereocenters. The molecule has 4 heteroatoms. The molecule has 2 fully saturated rings. The molecule has 4 nitrogen and oxygen atoms in total. The second-order valence-corrected chi connectivity index (χ2v) is 8.98. The van der Waals surface area contributed by atoms with Gasteiger partial charge < -0.3 is 10.4 Å². The van der Waals surface area contributed by atoms with Crippen LogP contribution in [0.3, 0.4) is 0 Å². The van der Waals surface area contributed by atoms with E-state index in [1.54, 1.807) is 6.20 Å². The third-order valence-electron chi connectivity index (χ3n) is 6.61. The number of fused-ring (bicyclic) bond motifs is 1. The highest BCUT2D eigenvalue weighted by atomic mass is 16.3. The molecule has 4 rings (SSSR count). The highest BCUT2D eigenvalue weighted by molar-refractivity contribution is 5.97. The summed E-state index contributed by atoms with van der Waals surface area (Å²) in [6.45, 7) is 3.77. The highest BCUT2D eigenvalue weighted by Crippen LogP contribution is 2.37. The minimum atomic E-state index is -0.629.